The van der Waals surface area contributed by atoms with Crippen molar-refractivity contribution in [2.75, 3.05) is 11.8 Å². The first-order valence-electron chi connectivity index (χ1n) is 7.00. The lowest BCUT2D eigenvalue weighted by atomic mass is 10.1. The minimum Gasteiger partial charge on any atom is -0.496 e. The molecule has 0 aromatic heterocycles. The highest BCUT2D eigenvalue weighted by Gasteiger charge is 2.19. The van der Waals surface area contributed by atoms with Gasteiger partial charge < -0.3 is 4.74 Å². The molecule has 118 valence electrons. The van der Waals surface area contributed by atoms with E-state index in [1.807, 2.05) is 32.9 Å². The number of methoxy groups -OCH3 is 1. The third-order valence-electron chi connectivity index (χ3n) is 3.61. The molecule has 0 radical (unpaired) electrons. The van der Waals surface area contributed by atoms with E-state index in [-0.39, 0.29) is 4.90 Å². The van der Waals surface area contributed by atoms with Crippen LogP contribution < -0.4 is 9.46 Å². The third kappa shape index (κ3) is 3.25. The predicted octanol–water partition coefficient (Wildman–Crippen LogP) is 3.73. The van der Waals surface area contributed by atoms with Crippen LogP contribution in [0.5, 0.6) is 5.75 Å². The predicted molar refractivity (Wildman–Crippen MR) is 89.2 cm³/mol. The average molecular weight is 319 g/mol. The Morgan fingerprint density at radius 3 is 2.18 bits per heavy atom. The highest BCUT2D eigenvalue weighted by atomic mass is 32.2. The molecule has 0 atom stereocenters. The van der Waals surface area contributed by atoms with Gasteiger partial charge in [0.05, 0.1) is 17.7 Å². The van der Waals surface area contributed by atoms with Gasteiger partial charge in [0.2, 0.25) is 0 Å². The molecular weight excluding hydrogens is 298 g/mol. The first kappa shape index (κ1) is 16.4. The molecule has 0 aliphatic heterocycles. The van der Waals surface area contributed by atoms with Crippen molar-refractivity contribution in [1.82, 2.24) is 0 Å². The summed E-state index contributed by atoms with van der Waals surface area (Å²) in [7, 11) is -2.06. The molecular formula is C17H21NO3S. The zero-order valence-corrected chi connectivity index (χ0v) is 14.3. The Hall–Kier alpha value is -2.01. The number of nitrogens with one attached hydrogen (secondary N) is 1. The summed E-state index contributed by atoms with van der Waals surface area (Å²) in [6.07, 6.45) is 0. The molecule has 5 heteroatoms. The Kier molecular flexibility index (Phi) is 4.47. The number of aryl methyl sites for hydroxylation is 4. The van der Waals surface area contributed by atoms with Crippen molar-refractivity contribution in [3.63, 3.8) is 0 Å². The molecule has 2 rings (SSSR count). The van der Waals surface area contributed by atoms with Gasteiger partial charge >= 0.3 is 0 Å². The largest absolute Gasteiger partial charge is 0.496 e. The fraction of sp³-hybridized carbons (Fsp3) is 0.294. The van der Waals surface area contributed by atoms with Crippen LogP contribution in [0.3, 0.4) is 0 Å². The maximum absolute atomic E-state index is 12.7. The highest BCUT2D eigenvalue weighted by molar-refractivity contribution is 7.92. The Morgan fingerprint density at radius 2 is 1.59 bits per heavy atom. The number of anilines is 1. The van der Waals surface area contributed by atoms with Gasteiger partial charge in [-0.15, -0.1) is 0 Å². The second-order valence-electron chi connectivity index (χ2n) is 5.51. The van der Waals surface area contributed by atoms with E-state index in [0.29, 0.717) is 17.0 Å². The summed E-state index contributed by atoms with van der Waals surface area (Å²) >= 11 is 0. The molecule has 0 amide bonds. The Bertz CT molecular complexity index is 811. The number of hydrogen-bond acceptors (Lipinski definition) is 3. The quantitative estimate of drug-likeness (QED) is 0.934. The van der Waals surface area contributed by atoms with Crippen molar-refractivity contribution >= 4 is 15.7 Å². The second kappa shape index (κ2) is 6.01. The SMILES string of the molecule is COc1cc(C)c(S(=O)(=O)Nc2ccc(C)cc2C)cc1C. The van der Waals surface area contributed by atoms with Gasteiger partial charge in [0.25, 0.3) is 10.0 Å². The molecule has 0 heterocycles. The van der Waals surface area contributed by atoms with Crippen LogP contribution in [-0.4, -0.2) is 15.5 Å². The molecule has 0 saturated carbocycles. The minimum absolute atomic E-state index is 0.269. The van der Waals surface area contributed by atoms with Crippen molar-refractivity contribution in [3.8, 4) is 5.75 Å². The van der Waals surface area contributed by atoms with Crippen LogP contribution in [-0.2, 0) is 10.0 Å². The number of hydrogen-bond donors (Lipinski definition) is 1. The summed E-state index contributed by atoms with van der Waals surface area (Å²) in [6, 6.07) is 9.00. The lowest BCUT2D eigenvalue weighted by Crippen LogP contribution is -2.15. The molecule has 22 heavy (non-hydrogen) atoms. The molecule has 0 aliphatic rings. The molecule has 0 unspecified atom stereocenters. The van der Waals surface area contributed by atoms with E-state index in [1.54, 1.807) is 32.2 Å². The minimum atomic E-state index is -3.63. The summed E-state index contributed by atoms with van der Waals surface area (Å²) in [5, 5.41) is 0. The van der Waals surface area contributed by atoms with Gasteiger partial charge in [-0.2, -0.15) is 0 Å². The van der Waals surface area contributed by atoms with Crippen molar-refractivity contribution in [2.45, 2.75) is 32.6 Å². The summed E-state index contributed by atoms with van der Waals surface area (Å²) in [4.78, 5) is 0.269. The monoisotopic (exact) mass is 319 g/mol. The van der Waals surface area contributed by atoms with Crippen LogP contribution in [0.4, 0.5) is 5.69 Å². The highest BCUT2D eigenvalue weighted by Crippen LogP contribution is 2.28. The molecule has 0 bridgehead atoms. The van der Waals surface area contributed by atoms with Crippen molar-refractivity contribution in [2.24, 2.45) is 0 Å². The lowest BCUT2D eigenvalue weighted by molar-refractivity contribution is 0.411. The van der Waals surface area contributed by atoms with Crippen molar-refractivity contribution < 1.29 is 13.2 Å². The summed E-state index contributed by atoms with van der Waals surface area (Å²) in [5.41, 5.74) is 4.02. The first-order chi connectivity index (χ1) is 10.2. The fourth-order valence-corrected chi connectivity index (χ4v) is 3.84. The van der Waals surface area contributed by atoms with E-state index >= 15 is 0 Å². The van der Waals surface area contributed by atoms with Gasteiger partial charge in [-0.1, -0.05) is 17.7 Å². The van der Waals surface area contributed by atoms with Gasteiger partial charge in [0, 0.05) is 0 Å². The second-order valence-corrected chi connectivity index (χ2v) is 7.16. The van der Waals surface area contributed by atoms with E-state index in [1.165, 1.54) is 0 Å². The molecule has 0 spiro atoms. The molecule has 0 fully saturated rings. The van der Waals surface area contributed by atoms with E-state index in [2.05, 4.69) is 4.72 Å². The number of benzene rings is 2. The molecule has 4 nitrogen and oxygen atoms in total. The Balaban J connectivity index is 2.45. The molecule has 2 aromatic rings. The van der Waals surface area contributed by atoms with Gasteiger partial charge in [-0.3, -0.25) is 4.72 Å². The van der Waals surface area contributed by atoms with Gasteiger partial charge in [0.1, 0.15) is 5.75 Å². The maximum Gasteiger partial charge on any atom is 0.262 e. The lowest BCUT2D eigenvalue weighted by Gasteiger charge is -2.15. The van der Waals surface area contributed by atoms with Gasteiger partial charge in [0.15, 0.2) is 0 Å². The fourth-order valence-electron chi connectivity index (χ4n) is 2.40. The van der Waals surface area contributed by atoms with E-state index in [9.17, 15) is 8.42 Å². The number of ether oxygens (including phenoxy) is 1. The zero-order valence-electron chi connectivity index (χ0n) is 13.5. The zero-order chi connectivity index (χ0) is 16.5. The summed E-state index contributed by atoms with van der Waals surface area (Å²) in [5.74, 6) is 0.683. The molecule has 2 aromatic carbocycles. The number of sulfonamides is 1. The van der Waals surface area contributed by atoms with Crippen LogP contribution >= 0.6 is 0 Å². The normalized spacial score (nSPS) is 11.3. The topological polar surface area (TPSA) is 55.4 Å². The number of rotatable bonds is 4. The van der Waals surface area contributed by atoms with Crippen LogP contribution in [0.25, 0.3) is 0 Å². The first-order valence-corrected chi connectivity index (χ1v) is 8.48. The Morgan fingerprint density at radius 1 is 0.909 bits per heavy atom. The standard InChI is InChI=1S/C17H21NO3S/c1-11-6-7-15(12(2)8-11)18-22(19,20)17-10-13(3)16(21-5)9-14(17)4/h6-10,18H,1-5H3. The maximum atomic E-state index is 12.7. The van der Waals surface area contributed by atoms with Crippen LogP contribution in [0.15, 0.2) is 35.2 Å². The van der Waals surface area contributed by atoms with Crippen LogP contribution in [0, 0.1) is 27.7 Å². The molecule has 0 aliphatic carbocycles. The van der Waals surface area contributed by atoms with Gasteiger partial charge in [-0.05, 0) is 62.6 Å². The van der Waals surface area contributed by atoms with Crippen molar-refractivity contribution in [1.29, 1.82) is 0 Å². The third-order valence-corrected chi connectivity index (χ3v) is 5.12. The van der Waals surface area contributed by atoms with Crippen molar-refractivity contribution in [3.05, 3.63) is 52.6 Å². The Labute approximate surface area is 132 Å². The smallest absolute Gasteiger partial charge is 0.262 e. The molecule has 1 N–H and O–H groups in total. The van der Waals surface area contributed by atoms with Crippen LogP contribution in [0.1, 0.15) is 22.3 Å². The van der Waals surface area contributed by atoms with E-state index in [0.717, 1.165) is 16.7 Å². The van der Waals surface area contributed by atoms with E-state index in [4.69, 9.17) is 4.74 Å². The summed E-state index contributed by atoms with van der Waals surface area (Å²) < 4.78 is 33.2. The molecule has 0 saturated heterocycles. The van der Waals surface area contributed by atoms with E-state index < -0.39 is 10.0 Å². The van der Waals surface area contributed by atoms with Gasteiger partial charge in [-0.25, -0.2) is 8.42 Å². The summed E-state index contributed by atoms with van der Waals surface area (Å²) in [6.45, 7) is 7.45. The average Bonchev–Trinajstić information content (AvgIpc) is 2.43. The van der Waals surface area contributed by atoms with Crippen LogP contribution in [0.2, 0.25) is 0 Å².